The number of esters is 1. The lowest BCUT2D eigenvalue weighted by atomic mass is 9.86. The molecule has 1 unspecified atom stereocenters. The fraction of sp³-hybridized carbons (Fsp3) is 0.923. The lowest BCUT2D eigenvalue weighted by Gasteiger charge is -2.35. The summed E-state index contributed by atoms with van der Waals surface area (Å²) in [7, 11) is 0. The molecule has 0 aromatic carbocycles. The highest BCUT2D eigenvalue weighted by Gasteiger charge is 2.35. The molecule has 0 aliphatic carbocycles. The highest BCUT2D eigenvalue weighted by Crippen LogP contribution is 2.26. The largest absolute Gasteiger partial charge is 0.466 e. The van der Waals surface area contributed by atoms with E-state index in [2.05, 4.69) is 11.8 Å². The summed E-state index contributed by atoms with van der Waals surface area (Å²) in [6.07, 6.45) is 4.71. The average molecular weight is 227 g/mol. The molecule has 1 saturated heterocycles. The Kier molecular flexibility index (Phi) is 5.26. The molecule has 1 aliphatic heterocycles. The summed E-state index contributed by atoms with van der Waals surface area (Å²) in [6, 6.07) is 0. The molecule has 1 aliphatic rings. The van der Waals surface area contributed by atoms with Crippen molar-refractivity contribution in [2.45, 2.75) is 46.5 Å². The van der Waals surface area contributed by atoms with Crippen molar-refractivity contribution in [2.75, 3.05) is 26.2 Å². The highest BCUT2D eigenvalue weighted by atomic mass is 16.5. The summed E-state index contributed by atoms with van der Waals surface area (Å²) in [5, 5.41) is 0. The molecule has 1 fully saturated rings. The Balaban J connectivity index is 2.53. The second-order valence-electron chi connectivity index (χ2n) is 4.97. The zero-order valence-electron chi connectivity index (χ0n) is 10.9. The van der Waals surface area contributed by atoms with Gasteiger partial charge in [-0.15, -0.1) is 0 Å². The van der Waals surface area contributed by atoms with Gasteiger partial charge in [-0.25, -0.2) is 0 Å². The Labute approximate surface area is 99.1 Å². The van der Waals surface area contributed by atoms with E-state index < -0.39 is 0 Å². The van der Waals surface area contributed by atoms with Crippen molar-refractivity contribution in [3.05, 3.63) is 0 Å². The molecule has 0 aromatic rings. The molecule has 1 rings (SSSR count). The number of ether oxygens (including phenoxy) is 1. The molecule has 1 atom stereocenters. The van der Waals surface area contributed by atoms with Gasteiger partial charge < -0.3 is 9.64 Å². The van der Waals surface area contributed by atoms with Crippen LogP contribution < -0.4 is 0 Å². The second kappa shape index (κ2) is 6.24. The van der Waals surface area contributed by atoms with E-state index in [0.29, 0.717) is 6.61 Å². The third-order valence-corrected chi connectivity index (χ3v) is 3.57. The van der Waals surface area contributed by atoms with Crippen LogP contribution in [0.3, 0.4) is 0 Å². The first-order valence-corrected chi connectivity index (χ1v) is 6.52. The first kappa shape index (κ1) is 13.5. The van der Waals surface area contributed by atoms with Crippen LogP contribution in [0.15, 0.2) is 0 Å². The van der Waals surface area contributed by atoms with Crippen molar-refractivity contribution in [2.24, 2.45) is 5.41 Å². The van der Waals surface area contributed by atoms with Crippen LogP contribution in [0.1, 0.15) is 46.5 Å². The Hall–Kier alpha value is -0.570. The molecule has 0 aromatic heterocycles. The number of hydrogen-bond acceptors (Lipinski definition) is 3. The minimum atomic E-state index is -0.326. The first-order valence-electron chi connectivity index (χ1n) is 6.52. The van der Waals surface area contributed by atoms with Crippen LogP contribution in [0, 0.1) is 5.41 Å². The molecule has 16 heavy (non-hydrogen) atoms. The number of nitrogens with zero attached hydrogens (tertiary/aromatic N) is 1. The van der Waals surface area contributed by atoms with Gasteiger partial charge in [0.2, 0.25) is 0 Å². The third-order valence-electron chi connectivity index (χ3n) is 3.57. The molecule has 0 bridgehead atoms. The summed E-state index contributed by atoms with van der Waals surface area (Å²) < 4.78 is 5.17. The van der Waals surface area contributed by atoms with E-state index in [0.717, 1.165) is 26.1 Å². The number of carbonyl (C=O) groups is 1. The summed E-state index contributed by atoms with van der Waals surface area (Å²) in [5.41, 5.74) is -0.326. The van der Waals surface area contributed by atoms with E-state index in [9.17, 15) is 4.79 Å². The quantitative estimate of drug-likeness (QED) is 0.676. The molecule has 0 N–H and O–H groups in total. The van der Waals surface area contributed by atoms with Gasteiger partial charge in [-0.1, -0.05) is 13.3 Å². The van der Waals surface area contributed by atoms with Crippen LogP contribution >= 0.6 is 0 Å². The molecule has 0 spiro atoms. The Morgan fingerprint density at radius 3 is 2.38 bits per heavy atom. The van der Waals surface area contributed by atoms with Crippen LogP contribution in [-0.4, -0.2) is 37.1 Å². The molecule has 0 saturated carbocycles. The van der Waals surface area contributed by atoms with Gasteiger partial charge in [-0.3, -0.25) is 4.79 Å². The fourth-order valence-corrected chi connectivity index (χ4v) is 2.24. The standard InChI is InChI=1S/C13H25NO2/c1-4-13(3,12(15)16-5-2)11-14-9-7-6-8-10-14/h4-11H2,1-3H3. The number of likely N-dealkylation sites (tertiary alicyclic amines) is 1. The van der Waals surface area contributed by atoms with Gasteiger partial charge >= 0.3 is 5.97 Å². The van der Waals surface area contributed by atoms with E-state index >= 15 is 0 Å². The minimum absolute atomic E-state index is 0.0388. The van der Waals surface area contributed by atoms with Crippen molar-refractivity contribution < 1.29 is 9.53 Å². The third kappa shape index (κ3) is 3.48. The zero-order valence-corrected chi connectivity index (χ0v) is 10.9. The number of rotatable bonds is 5. The second-order valence-corrected chi connectivity index (χ2v) is 4.97. The lowest BCUT2D eigenvalue weighted by Crippen LogP contribution is -2.43. The Morgan fingerprint density at radius 2 is 1.88 bits per heavy atom. The molecule has 3 nitrogen and oxygen atoms in total. The van der Waals surface area contributed by atoms with E-state index in [4.69, 9.17) is 4.74 Å². The molecule has 0 amide bonds. The monoisotopic (exact) mass is 227 g/mol. The van der Waals surface area contributed by atoms with E-state index in [1.54, 1.807) is 0 Å². The van der Waals surface area contributed by atoms with Crippen LogP contribution in [0.4, 0.5) is 0 Å². The van der Waals surface area contributed by atoms with Gasteiger partial charge in [0.15, 0.2) is 0 Å². The maximum Gasteiger partial charge on any atom is 0.313 e. The molecular weight excluding hydrogens is 202 g/mol. The van der Waals surface area contributed by atoms with Crippen molar-refractivity contribution in [3.63, 3.8) is 0 Å². The predicted molar refractivity (Wildman–Crippen MR) is 65.3 cm³/mol. The van der Waals surface area contributed by atoms with Gasteiger partial charge in [0.1, 0.15) is 0 Å². The zero-order chi connectivity index (χ0) is 12.0. The highest BCUT2D eigenvalue weighted by molar-refractivity contribution is 5.76. The van der Waals surface area contributed by atoms with Gasteiger partial charge in [-0.05, 0) is 46.2 Å². The summed E-state index contributed by atoms with van der Waals surface area (Å²) >= 11 is 0. The van der Waals surface area contributed by atoms with Crippen LogP contribution in [0.5, 0.6) is 0 Å². The Morgan fingerprint density at radius 1 is 1.25 bits per heavy atom. The van der Waals surface area contributed by atoms with Gasteiger partial charge in [0, 0.05) is 6.54 Å². The Bertz CT molecular complexity index is 224. The van der Waals surface area contributed by atoms with Crippen molar-refractivity contribution in [3.8, 4) is 0 Å². The number of carbonyl (C=O) groups excluding carboxylic acids is 1. The predicted octanol–water partition coefficient (Wildman–Crippen LogP) is 2.45. The van der Waals surface area contributed by atoms with E-state index in [-0.39, 0.29) is 11.4 Å². The van der Waals surface area contributed by atoms with Crippen molar-refractivity contribution in [1.82, 2.24) is 4.90 Å². The number of piperidine rings is 1. The van der Waals surface area contributed by atoms with Crippen LogP contribution in [-0.2, 0) is 9.53 Å². The van der Waals surface area contributed by atoms with Gasteiger partial charge in [0.05, 0.1) is 12.0 Å². The molecular formula is C13H25NO2. The first-order chi connectivity index (χ1) is 7.62. The summed E-state index contributed by atoms with van der Waals surface area (Å²) in [4.78, 5) is 14.3. The number of hydrogen-bond donors (Lipinski definition) is 0. The summed E-state index contributed by atoms with van der Waals surface area (Å²) in [6.45, 7) is 9.57. The topological polar surface area (TPSA) is 29.5 Å². The molecule has 3 heteroatoms. The maximum absolute atomic E-state index is 11.9. The van der Waals surface area contributed by atoms with E-state index in [1.807, 2.05) is 13.8 Å². The van der Waals surface area contributed by atoms with Crippen LogP contribution in [0.2, 0.25) is 0 Å². The van der Waals surface area contributed by atoms with Crippen molar-refractivity contribution in [1.29, 1.82) is 0 Å². The molecule has 0 radical (unpaired) electrons. The SMILES string of the molecule is CCOC(=O)C(C)(CC)CN1CCCCC1. The van der Waals surface area contributed by atoms with Crippen LogP contribution in [0.25, 0.3) is 0 Å². The maximum atomic E-state index is 11.9. The normalized spacial score (nSPS) is 21.4. The summed E-state index contributed by atoms with van der Waals surface area (Å²) in [5.74, 6) is -0.0388. The van der Waals surface area contributed by atoms with Crippen molar-refractivity contribution >= 4 is 5.97 Å². The minimum Gasteiger partial charge on any atom is -0.466 e. The molecule has 1 heterocycles. The van der Waals surface area contributed by atoms with Gasteiger partial charge in [-0.2, -0.15) is 0 Å². The average Bonchev–Trinajstić information content (AvgIpc) is 2.30. The van der Waals surface area contributed by atoms with Gasteiger partial charge in [0.25, 0.3) is 0 Å². The fourth-order valence-electron chi connectivity index (χ4n) is 2.24. The molecule has 94 valence electrons. The lowest BCUT2D eigenvalue weighted by molar-refractivity contribution is -0.156. The smallest absolute Gasteiger partial charge is 0.313 e. The van der Waals surface area contributed by atoms with E-state index in [1.165, 1.54) is 19.3 Å².